The molecule has 1 rings (SSSR count). The normalized spacial score (nSPS) is 21.4. The lowest BCUT2D eigenvalue weighted by Gasteiger charge is -2.40. The molecule has 0 aliphatic carbocycles. The van der Waals surface area contributed by atoms with Crippen LogP contribution in [0.15, 0.2) is 0 Å². The quantitative estimate of drug-likeness (QED) is 0.719. The Morgan fingerprint density at radius 2 is 1.71 bits per heavy atom. The lowest BCUT2D eigenvalue weighted by molar-refractivity contribution is 0.0765. The molecule has 0 bridgehead atoms. The average Bonchev–Trinajstić information content (AvgIpc) is 2.28. The molecule has 0 aromatic rings. The topological polar surface area (TPSA) is 35.7 Å². The van der Waals surface area contributed by atoms with Crippen molar-refractivity contribution in [1.82, 2.24) is 14.7 Å². The van der Waals surface area contributed by atoms with Gasteiger partial charge in [-0.3, -0.25) is 9.80 Å². The van der Waals surface area contributed by atoms with Gasteiger partial charge in [0.2, 0.25) is 0 Å². The number of hydrogen-bond acceptors (Lipinski definition) is 4. The summed E-state index contributed by atoms with van der Waals surface area (Å²) >= 11 is 0. The Hall–Kier alpha value is -0.160. The first kappa shape index (κ1) is 14.9. The van der Waals surface area contributed by atoms with Crippen molar-refractivity contribution < 1.29 is 0 Å². The second-order valence-corrected chi connectivity index (χ2v) is 5.73. The van der Waals surface area contributed by atoms with E-state index in [-0.39, 0.29) is 0 Å². The molecule has 102 valence electrons. The SMILES string of the molecule is CC(C)C(CN)N1CCN(CCN(C)C)CC1. The summed E-state index contributed by atoms with van der Waals surface area (Å²) in [7, 11) is 4.28. The summed E-state index contributed by atoms with van der Waals surface area (Å²) in [6.45, 7) is 12.4. The van der Waals surface area contributed by atoms with Crippen molar-refractivity contribution in [2.24, 2.45) is 11.7 Å². The maximum Gasteiger partial charge on any atom is 0.0242 e. The van der Waals surface area contributed by atoms with Crippen molar-refractivity contribution in [3.05, 3.63) is 0 Å². The highest BCUT2D eigenvalue weighted by Gasteiger charge is 2.24. The molecule has 1 unspecified atom stereocenters. The Labute approximate surface area is 107 Å². The first-order valence-corrected chi connectivity index (χ1v) is 6.85. The highest BCUT2D eigenvalue weighted by molar-refractivity contribution is 4.81. The molecular formula is C13H30N4. The van der Waals surface area contributed by atoms with Crippen LogP contribution in [-0.2, 0) is 0 Å². The summed E-state index contributed by atoms with van der Waals surface area (Å²) in [6.07, 6.45) is 0. The van der Waals surface area contributed by atoms with Crippen LogP contribution in [0.4, 0.5) is 0 Å². The fourth-order valence-electron chi connectivity index (χ4n) is 2.50. The zero-order valence-corrected chi connectivity index (χ0v) is 12.0. The minimum atomic E-state index is 0.561. The first-order valence-electron chi connectivity index (χ1n) is 6.85. The maximum absolute atomic E-state index is 5.88. The molecule has 17 heavy (non-hydrogen) atoms. The second-order valence-electron chi connectivity index (χ2n) is 5.73. The molecule has 0 aromatic carbocycles. The van der Waals surface area contributed by atoms with E-state index in [9.17, 15) is 0 Å². The van der Waals surface area contributed by atoms with Crippen molar-refractivity contribution in [3.63, 3.8) is 0 Å². The Kier molecular flexibility index (Phi) is 6.41. The third kappa shape index (κ3) is 4.92. The number of likely N-dealkylation sites (N-methyl/N-ethyl adjacent to an activating group) is 1. The molecule has 0 radical (unpaired) electrons. The number of nitrogens with zero attached hydrogens (tertiary/aromatic N) is 3. The van der Waals surface area contributed by atoms with E-state index in [0.717, 1.165) is 13.1 Å². The fourth-order valence-corrected chi connectivity index (χ4v) is 2.50. The van der Waals surface area contributed by atoms with Crippen LogP contribution >= 0.6 is 0 Å². The smallest absolute Gasteiger partial charge is 0.0242 e. The van der Waals surface area contributed by atoms with Crippen LogP contribution in [0.5, 0.6) is 0 Å². The van der Waals surface area contributed by atoms with Crippen LogP contribution in [0.25, 0.3) is 0 Å². The maximum atomic E-state index is 5.88. The van der Waals surface area contributed by atoms with E-state index in [1.807, 2.05) is 0 Å². The van der Waals surface area contributed by atoms with Crippen molar-refractivity contribution in [1.29, 1.82) is 0 Å². The lowest BCUT2D eigenvalue weighted by atomic mass is 10.0. The second kappa shape index (κ2) is 7.31. The fraction of sp³-hybridized carbons (Fsp3) is 1.00. The van der Waals surface area contributed by atoms with E-state index in [1.54, 1.807) is 0 Å². The van der Waals surface area contributed by atoms with Gasteiger partial charge in [0.15, 0.2) is 0 Å². The molecule has 1 aliphatic rings. The Morgan fingerprint density at radius 1 is 1.12 bits per heavy atom. The van der Waals surface area contributed by atoms with E-state index in [4.69, 9.17) is 5.73 Å². The van der Waals surface area contributed by atoms with Gasteiger partial charge >= 0.3 is 0 Å². The zero-order valence-electron chi connectivity index (χ0n) is 12.0. The van der Waals surface area contributed by atoms with Crippen molar-refractivity contribution in [2.75, 3.05) is 59.9 Å². The van der Waals surface area contributed by atoms with Gasteiger partial charge in [-0.1, -0.05) is 13.8 Å². The van der Waals surface area contributed by atoms with Crippen LogP contribution in [0.2, 0.25) is 0 Å². The molecule has 4 nitrogen and oxygen atoms in total. The van der Waals surface area contributed by atoms with Crippen LogP contribution < -0.4 is 5.73 Å². The van der Waals surface area contributed by atoms with Gasteiger partial charge in [0.1, 0.15) is 0 Å². The van der Waals surface area contributed by atoms with Gasteiger partial charge in [0.25, 0.3) is 0 Å². The molecule has 1 saturated heterocycles. The Bertz CT molecular complexity index is 198. The van der Waals surface area contributed by atoms with E-state index >= 15 is 0 Å². The molecule has 0 amide bonds. The third-order valence-corrected chi connectivity index (χ3v) is 3.75. The van der Waals surface area contributed by atoms with Crippen molar-refractivity contribution in [3.8, 4) is 0 Å². The summed E-state index contributed by atoms with van der Waals surface area (Å²) in [5.74, 6) is 0.660. The molecule has 4 heteroatoms. The predicted octanol–water partition coefficient (Wildman–Crippen LogP) is 0.149. The van der Waals surface area contributed by atoms with Gasteiger partial charge < -0.3 is 10.6 Å². The summed E-state index contributed by atoms with van der Waals surface area (Å²) in [5, 5.41) is 0. The van der Waals surface area contributed by atoms with Gasteiger partial charge in [-0.2, -0.15) is 0 Å². The van der Waals surface area contributed by atoms with Crippen molar-refractivity contribution >= 4 is 0 Å². The third-order valence-electron chi connectivity index (χ3n) is 3.75. The standard InChI is InChI=1S/C13H30N4/c1-12(2)13(11-14)17-9-7-16(8-10-17)6-5-15(3)4/h12-13H,5-11,14H2,1-4H3. The monoisotopic (exact) mass is 242 g/mol. The van der Waals surface area contributed by atoms with E-state index in [0.29, 0.717) is 12.0 Å². The van der Waals surface area contributed by atoms with E-state index in [1.165, 1.54) is 32.7 Å². The van der Waals surface area contributed by atoms with Gasteiger partial charge in [-0.15, -0.1) is 0 Å². The summed E-state index contributed by atoms with van der Waals surface area (Å²) < 4.78 is 0. The molecule has 1 fully saturated rings. The molecule has 2 N–H and O–H groups in total. The van der Waals surface area contributed by atoms with E-state index < -0.39 is 0 Å². The summed E-state index contributed by atoms with van der Waals surface area (Å²) in [5.41, 5.74) is 5.88. The highest BCUT2D eigenvalue weighted by atomic mass is 15.3. The van der Waals surface area contributed by atoms with Gasteiger partial charge in [0, 0.05) is 51.9 Å². The molecule has 1 heterocycles. The number of rotatable bonds is 6. The van der Waals surface area contributed by atoms with Gasteiger partial charge in [-0.25, -0.2) is 0 Å². The van der Waals surface area contributed by atoms with Gasteiger partial charge in [0.05, 0.1) is 0 Å². The van der Waals surface area contributed by atoms with Crippen LogP contribution in [0, 0.1) is 5.92 Å². The lowest BCUT2D eigenvalue weighted by Crippen LogP contribution is -2.54. The number of nitrogens with two attached hydrogens (primary N) is 1. The largest absolute Gasteiger partial charge is 0.329 e. The first-order chi connectivity index (χ1) is 8.04. The molecule has 0 saturated carbocycles. The molecule has 1 aliphatic heterocycles. The van der Waals surface area contributed by atoms with E-state index in [2.05, 4.69) is 42.6 Å². The Balaban J connectivity index is 2.29. The minimum Gasteiger partial charge on any atom is -0.329 e. The minimum absolute atomic E-state index is 0.561. The Morgan fingerprint density at radius 3 is 2.12 bits per heavy atom. The molecule has 1 atom stereocenters. The average molecular weight is 242 g/mol. The highest BCUT2D eigenvalue weighted by Crippen LogP contribution is 2.12. The van der Waals surface area contributed by atoms with Crippen LogP contribution in [0.3, 0.4) is 0 Å². The van der Waals surface area contributed by atoms with Crippen molar-refractivity contribution in [2.45, 2.75) is 19.9 Å². The molecular weight excluding hydrogens is 212 g/mol. The molecule has 0 aromatic heterocycles. The van der Waals surface area contributed by atoms with Gasteiger partial charge in [-0.05, 0) is 20.0 Å². The zero-order chi connectivity index (χ0) is 12.8. The summed E-state index contributed by atoms with van der Waals surface area (Å²) in [6, 6.07) is 0.561. The summed E-state index contributed by atoms with van der Waals surface area (Å²) in [4.78, 5) is 7.38. The number of piperazine rings is 1. The van der Waals surface area contributed by atoms with Crippen LogP contribution in [-0.4, -0.2) is 80.7 Å². The molecule has 0 spiro atoms. The number of hydrogen-bond donors (Lipinski definition) is 1. The van der Waals surface area contributed by atoms with Crippen LogP contribution in [0.1, 0.15) is 13.8 Å². The predicted molar refractivity (Wildman–Crippen MR) is 74.2 cm³/mol.